The van der Waals surface area contributed by atoms with E-state index in [2.05, 4.69) is 9.78 Å². The molecule has 0 bridgehead atoms. The maximum Gasteiger partial charge on any atom is 0.427 e. The van der Waals surface area contributed by atoms with Crippen molar-refractivity contribution in [2.75, 3.05) is 0 Å². The third-order valence-electron chi connectivity index (χ3n) is 0.768. The molecule has 14 heavy (non-hydrogen) atoms. The Morgan fingerprint density at radius 2 is 1.64 bits per heavy atom. The van der Waals surface area contributed by atoms with E-state index in [0.29, 0.717) is 0 Å². The average molecular weight is 226 g/mol. The lowest BCUT2D eigenvalue weighted by Crippen LogP contribution is -2.29. The number of hydrogen-bond acceptors (Lipinski definition) is 6. The fraction of sp³-hybridized carbons (Fsp3) is 0.667. The molecule has 0 aliphatic carbocycles. The van der Waals surface area contributed by atoms with Crippen LogP contribution in [0.25, 0.3) is 0 Å². The highest BCUT2D eigenvalue weighted by Crippen LogP contribution is 2.07. The Labute approximate surface area is 80.7 Å². The molecule has 7 nitrogen and oxygen atoms in total. The second kappa shape index (κ2) is 4.03. The van der Waals surface area contributed by atoms with Gasteiger partial charge in [0.25, 0.3) is 0 Å². The van der Waals surface area contributed by atoms with Crippen molar-refractivity contribution in [1.29, 1.82) is 0 Å². The van der Waals surface area contributed by atoms with Gasteiger partial charge in [0.05, 0.1) is 0 Å². The average Bonchev–Trinajstić information content (AvgIpc) is 1.95. The fourth-order valence-corrected chi connectivity index (χ4v) is 0.547. The van der Waals surface area contributed by atoms with Gasteiger partial charge >= 0.3 is 21.2 Å². The van der Waals surface area contributed by atoms with Crippen molar-refractivity contribution in [2.45, 2.75) is 26.4 Å². The van der Waals surface area contributed by atoms with Crippen LogP contribution < -0.4 is 0 Å². The van der Waals surface area contributed by atoms with Gasteiger partial charge in [-0.1, -0.05) is 0 Å². The number of rotatable bonds is 1. The van der Waals surface area contributed by atoms with E-state index in [1.165, 1.54) is 20.8 Å². The van der Waals surface area contributed by atoms with Gasteiger partial charge < -0.3 is 0 Å². The molecule has 0 atom stereocenters. The first kappa shape index (κ1) is 13.0. The topological polar surface area (TPSA) is 107 Å². The largest absolute Gasteiger partial charge is 0.427 e. The minimum atomic E-state index is -5.06. The number of carbonyl (C=O) groups is 2. The van der Waals surface area contributed by atoms with E-state index in [1.807, 2.05) is 0 Å². The molecule has 0 aromatic carbocycles. The van der Waals surface area contributed by atoms with Crippen molar-refractivity contribution in [3.63, 3.8) is 0 Å². The minimum Gasteiger partial charge on any atom is -0.288 e. The van der Waals surface area contributed by atoms with Crippen molar-refractivity contribution >= 4 is 21.2 Å². The number of hydrogen-bond donors (Lipinski definition) is 1. The lowest BCUT2D eigenvalue weighted by atomic mass is 10.2. The molecule has 0 saturated carbocycles. The monoisotopic (exact) mass is 226 g/mol. The highest BCUT2D eigenvalue weighted by molar-refractivity contribution is 8.03. The van der Waals surface area contributed by atoms with E-state index in [9.17, 15) is 18.0 Å². The second-order valence-corrected chi connectivity index (χ2v) is 4.65. The molecule has 0 aromatic heterocycles. The zero-order chi connectivity index (χ0) is 11.6. The summed E-state index contributed by atoms with van der Waals surface area (Å²) >= 11 is 0. The van der Waals surface area contributed by atoms with Crippen molar-refractivity contribution in [2.24, 2.45) is 0 Å². The molecule has 0 unspecified atom stereocenters. The Kier molecular flexibility index (Phi) is 3.74. The second-order valence-electron chi connectivity index (χ2n) is 3.33. The number of carbonyl (C=O) groups excluding carboxylic acids is 2. The maximum atomic E-state index is 10.6. The van der Waals surface area contributed by atoms with Crippen LogP contribution in [0.15, 0.2) is 0 Å². The summed E-state index contributed by atoms with van der Waals surface area (Å²) in [4.78, 5) is 29.3. The molecular formula is C6H10O7S. The van der Waals surface area contributed by atoms with E-state index in [1.54, 1.807) is 0 Å². The quantitative estimate of drug-likeness (QED) is 0.282. The first-order valence-corrected chi connectivity index (χ1v) is 4.89. The highest BCUT2D eigenvalue weighted by atomic mass is 32.2. The van der Waals surface area contributed by atoms with Crippen LogP contribution in [0.5, 0.6) is 0 Å². The lowest BCUT2D eigenvalue weighted by molar-refractivity contribution is -0.316. The summed E-state index contributed by atoms with van der Waals surface area (Å²) in [5.74, 6) is -1.79. The van der Waals surface area contributed by atoms with Gasteiger partial charge in [0.15, 0.2) is 0 Å². The molecule has 0 aromatic rings. The molecule has 0 spiro atoms. The Hall–Kier alpha value is -0.990. The summed E-state index contributed by atoms with van der Waals surface area (Å²) in [5, 5.41) is -2.07. The Balaban J connectivity index is 4.33. The predicted molar refractivity (Wildman–Crippen MR) is 43.5 cm³/mol. The van der Waals surface area contributed by atoms with Gasteiger partial charge in [0, 0.05) is 0 Å². The Bertz CT molecular complexity index is 334. The predicted octanol–water partition coefficient (Wildman–Crippen LogP) is -0.326. The molecular weight excluding hydrogens is 216 g/mol. The van der Waals surface area contributed by atoms with Gasteiger partial charge in [-0.05, 0) is 20.8 Å². The molecule has 0 aliphatic rings. The zero-order valence-corrected chi connectivity index (χ0v) is 8.62. The fourth-order valence-electron chi connectivity index (χ4n) is 0.302. The van der Waals surface area contributed by atoms with Crippen LogP contribution in [0.4, 0.5) is 0 Å². The normalized spacial score (nSPS) is 12.3. The minimum absolute atomic E-state index is 0.880. The van der Waals surface area contributed by atoms with E-state index >= 15 is 0 Å². The van der Waals surface area contributed by atoms with Crippen LogP contribution in [0, 0.1) is 0 Å². The van der Waals surface area contributed by atoms with Crippen LogP contribution >= 0.6 is 0 Å². The van der Waals surface area contributed by atoms with E-state index in [4.69, 9.17) is 4.55 Å². The summed E-state index contributed by atoms with van der Waals surface area (Å²) < 4.78 is 28.4. The van der Waals surface area contributed by atoms with Gasteiger partial charge in [-0.25, -0.2) is 4.79 Å². The molecule has 0 amide bonds. The van der Waals surface area contributed by atoms with Crippen LogP contribution in [0.2, 0.25) is 0 Å². The SMILES string of the molecule is CC(C)(C)OOC(=O)C(=O)S(=O)(=O)O. The third kappa shape index (κ3) is 4.90. The third-order valence-corrected chi connectivity index (χ3v) is 1.40. The van der Waals surface area contributed by atoms with Crippen molar-refractivity contribution in [3.8, 4) is 0 Å². The van der Waals surface area contributed by atoms with E-state index < -0.39 is 26.8 Å². The van der Waals surface area contributed by atoms with E-state index in [0.717, 1.165) is 0 Å². The van der Waals surface area contributed by atoms with Crippen molar-refractivity contribution < 1.29 is 32.3 Å². The summed E-state index contributed by atoms with van der Waals surface area (Å²) in [6, 6.07) is 0. The summed E-state index contributed by atoms with van der Waals surface area (Å²) in [6.07, 6.45) is 0. The Morgan fingerprint density at radius 1 is 1.21 bits per heavy atom. The molecule has 82 valence electrons. The van der Waals surface area contributed by atoms with Gasteiger partial charge in [0.2, 0.25) is 0 Å². The molecule has 8 heteroatoms. The van der Waals surface area contributed by atoms with Gasteiger partial charge in [0.1, 0.15) is 5.60 Å². The lowest BCUT2D eigenvalue weighted by Gasteiger charge is -2.15. The summed E-state index contributed by atoms with van der Waals surface area (Å²) in [5.41, 5.74) is -0.880. The molecule has 0 saturated heterocycles. The molecule has 0 rings (SSSR count). The highest BCUT2D eigenvalue weighted by Gasteiger charge is 2.31. The zero-order valence-electron chi connectivity index (χ0n) is 7.80. The smallest absolute Gasteiger partial charge is 0.288 e. The van der Waals surface area contributed by atoms with Crippen molar-refractivity contribution in [1.82, 2.24) is 0 Å². The summed E-state index contributed by atoms with van der Waals surface area (Å²) in [6.45, 7) is 4.54. The first-order valence-electron chi connectivity index (χ1n) is 3.45. The molecule has 1 N–H and O–H groups in total. The van der Waals surface area contributed by atoms with Gasteiger partial charge in [-0.3, -0.25) is 14.2 Å². The van der Waals surface area contributed by atoms with Crippen LogP contribution in [0.1, 0.15) is 20.8 Å². The van der Waals surface area contributed by atoms with Gasteiger partial charge in [-0.15, -0.1) is 0 Å². The molecule has 0 aliphatic heterocycles. The molecule has 0 heterocycles. The molecule has 0 radical (unpaired) electrons. The van der Waals surface area contributed by atoms with Crippen molar-refractivity contribution in [3.05, 3.63) is 0 Å². The summed E-state index contributed by atoms with van der Waals surface area (Å²) in [7, 11) is -5.06. The van der Waals surface area contributed by atoms with Crippen LogP contribution in [0.3, 0.4) is 0 Å². The first-order chi connectivity index (χ1) is 6.04. The maximum absolute atomic E-state index is 10.6. The molecule has 0 fully saturated rings. The van der Waals surface area contributed by atoms with Crippen LogP contribution in [-0.2, 0) is 29.5 Å². The van der Waals surface area contributed by atoms with Gasteiger partial charge in [-0.2, -0.15) is 13.3 Å². The van der Waals surface area contributed by atoms with Crippen LogP contribution in [-0.4, -0.2) is 29.7 Å². The standard InChI is InChI=1S/C6H10O7S/c1-6(2,3)13-12-4(7)5(8)14(9,10)11/h1-3H3,(H,9,10,11). The van der Waals surface area contributed by atoms with E-state index in [-0.39, 0.29) is 0 Å². The Morgan fingerprint density at radius 3 is 1.93 bits per heavy atom.